The Morgan fingerprint density at radius 3 is 0.857 bits per heavy atom. The van der Waals surface area contributed by atoms with E-state index in [1.807, 2.05) is 0 Å². The summed E-state index contributed by atoms with van der Waals surface area (Å²) in [4.78, 5) is 0. The average Bonchev–Trinajstić information content (AvgIpc) is 2.87. The zero-order valence-corrected chi connectivity index (χ0v) is 23.9. The largest absolute Gasteiger partial charge is 0.329 e. The van der Waals surface area contributed by atoms with Crippen LogP contribution in [0.15, 0.2) is 0 Å². The van der Waals surface area contributed by atoms with Gasteiger partial charge in [0.15, 0.2) is 0 Å². The van der Waals surface area contributed by atoms with Crippen LogP contribution in [0.2, 0.25) is 0 Å². The van der Waals surface area contributed by atoms with Gasteiger partial charge in [-0.2, -0.15) is 23.5 Å². The van der Waals surface area contributed by atoms with Gasteiger partial charge in [0.2, 0.25) is 0 Å². The molecule has 0 aromatic carbocycles. The molecule has 0 saturated carbocycles. The first-order valence-electron chi connectivity index (χ1n) is 13.6. The topological polar surface area (TPSA) is 148 Å². The van der Waals surface area contributed by atoms with Gasteiger partial charge in [-0.1, -0.05) is 0 Å². The van der Waals surface area contributed by atoms with Crippen LogP contribution >= 0.6 is 23.5 Å². The fourth-order valence-corrected chi connectivity index (χ4v) is 4.89. The molecule has 0 fully saturated rings. The molecule has 0 amide bonds. The maximum Gasteiger partial charge on any atom is 0.00772 e. The maximum absolute atomic E-state index is 5.43. The van der Waals surface area contributed by atoms with Crippen molar-refractivity contribution in [3.05, 3.63) is 0 Å². The van der Waals surface area contributed by atoms with Gasteiger partial charge in [0, 0.05) is 129 Å². The second-order valence-corrected chi connectivity index (χ2v) is 10.6. The van der Waals surface area contributed by atoms with Crippen molar-refractivity contribution in [3.8, 4) is 0 Å². The lowest BCUT2D eigenvalue weighted by Crippen LogP contribution is -2.36. The summed E-state index contributed by atoms with van der Waals surface area (Å²) < 4.78 is 0. The number of thioether (sulfide) groups is 2. The van der Waals surface area contributed by atoms with E-state index in [1.165, 1.54) is 29.4 Å². The van der Waals surface area contributed by atoms with E-state index in [0.29, 0.717) is 13.1 Å². The molecule has 0 heterocycles. The smallest absolute Gasteiger partial charge is 0.00772 e. The summed E-state index contributed by atoms with van der Waals surface area (Å²) in [6, 6.07) is 0. The van der Waals surface area contributed by atoms with Gasteiger partial charge in [-0.25, -0.2) is 0 Å². The molecule has 0 spiro atoms. The van der Waals surface area contributed by atoms with Gasteiger partial charge in [-0.15, -0.1) is 0 Å². The molecule has 212 valence electrons. The molecule has 0 aromatic heterocycles. The Bertz CT molecular complexity index is 341. The Labute approximate surface area is 224 Å². The Balaban J connectivity index is 3.00. The molecule has 12 N–H and O–H groups in total. The minimum absolute atomic E-state index is 0.706. The summed E-state index contributed by atoms with van der Waals surface area (Å²) in [6.07, 6.45) is 1.31. The minimum Gasteiger partial charge on any atom is -0.329 e. The summed E-state index contributed by atoms with van der Waals surface area (Å²) in [7, 11) is 0. The molecule has 0 aliphatic heterocycles. The molecule has 0 saturated heterocycles. The van der Waals surface area contributed by atoms with Crippen LogP contribution in [0.5, 0.6) is 0 Å². The number of hydrogen-bond donors (Lipinski definition) is 10. The summed E-state index contributed by atoms with van der Waals surface area (Å²) in [5.41, 5.74) is 10.9. The van der Waals surface area contributed by atoms with Gasteiger partial charge in [0.25, 0.3) is 0 Å². The second-order valence-electron chi connectivity index (χ2n) is 8.16. The van der Waals surface area contributed by atoms with E-state index in [9.17, 15) is 0 Å². The van der Waals surface area contributed by atoms with Crippen molar-refractivity contribution in [1.82, 2.24) is 42.5 Å². The molecule has 0 aromatic rings. The molecule has 0 aliphatic carbocycles. The predicted octanol–water partition coefficient (Wildman–Crippen LogP) is -2.52. The zero-order valence-electron chi connectivity index (χ0n) is 22.2. The highest BCUT2D eigenvalue weighted by Crippen LogP contribution is 2.06. The fraction of sp³-hybridized carbons (Fsp3) is 1.00. The summed E-state index contributed by atoms with van der Waals surface area (Å²) in [6.45, 7) is 17.6. The van der Waals surface area contributed by atoms with Crippen LogP contribution in [-0.2, 0) is 0 Å². The van der Waals surface area contributed by atoms with E-state index in [1.54, 1.807) is 0 Å². The normalized spacial score (nSPS) is 11.5. The third-order valence-electron chi connectivity index (χ3n) is 4.94. The molecule has 0 rings (SSSR count). The molecular weight excluding hydrogens is 480 g/mol. The average molecular weight is 539 g/mol. The van der Waals surface area contributed by atoms with Crippen LogP contribution in [-0.4, -0.2) is 141 Å². The van der Waals surface area contributed by atoms with E-state index in [0.717, 1.165) is 105 Å². The van der Waals surface area contributed by atoms with E-state index >= 15 is 0 Å². The first-order valence-corrected chi connectivity index (χ1v) is 15.9. The van der Waals surface area contributed by atoms with Crippen molar-refractivity contribution in [1.29, 1.82) is 0 Å². The summed E-state index contributed by atoms with van der Waals surface area (Å²) >= 11 is 4.13. The highest BCUT2D eigenvalue weighted by Gasteiger charge is 1.94. The lowest BCUT2D eigenvalue weighted by molar-refractivity contribution is 0.572. The van der Waals surface area contributed by atoms with Gasteiger partial charge in [-0.3, -0.25) is 0 Å². The van der Waals surface area contributed by atoms with E-state index in [2.05, 4.69) is 66.1 Å². The van der Waals surface area contributed by atoms with Gasteiger partial charge in [0.1, 0.15) is 0 Å². The van der Waals surface area contributed by atoms with Gasteiger partial charge < -0.3 is 54.0 Å². The first kappa shape index (κ1) is 35.3. The Kier molecular flexibility index (Phi) is 34.6. The van der Waals surface area contributed by atoms with E-state index in [-0.39, 0.29) is 0 Å². The molecule has 10 nitrogen and oxygen atoms in total. The quantitative estimate of drug-likeness (QED) is 0.0412. The number of nitrogens with two attached hydrogens (primary N) is 2. The Morgan fingerprint density at radius 1 is 0.314 bits per heavy atom. The third kappa shape index (κ3) is 34.3. The number of hydrogen-bond acceptors (Lipinski definition) is 12. The Hall–Kier alpha value is 0.300. The molecule has 0 atom stereocenters. The van der Waals surface area contributed by atoms with Crippen molar-refractivity contribution < 1.29 is 0 Å². The van der Waals surface area contributed by atoms with Crippen LogP contribution in [0.4, 0.5) is 0 Å². The van der Waals surface area contributed by atoms with Crippen molar-refractivity contribution in [2.45, 2.75) is 6.42 Å². The van der Waals surface area contributed by atoms with Crippen molar-refractivity contribution in [2.75, 3.05) is 141 Å². The lowest BCUT2D eigenvalue weighted by Gasteiger charge is -2.08. The lowest BCUT2D eigenvalue weighted by atomic mass is 10.5. The molecule has 0 bridgehead atoms. The molecule has 0 aliphatic rings. The number of nitrogens with one attached hydrogen (secondary N) is 8. The fourth-order valence-electron chi connectivity index (χ4n) is 3.02. The summed E-state index contributed by atoms with van der Waals surface area (Å²) in [5, 5.41) is 27.3. The summed E-state index contributed by atoms with van der Waals surface area (Å²) in [5.74, 6) is 4.95. The van der Waals surface area contributed by atoms with Crippen LogP contribution in [0.25, 0.3) is 0 Å². The second kappa shape index (κ2) is 34.3. The van der Waals surface area contributed by atoms with E-state index < -0.39 is 0 Å². The Morgan fingerprint density at radius 2 is 0.571 bits per heavy atom. The highest BCUT2D eigenvalue weighted by atomic mass is 32.2. The van der Waals surface area contributed by atoms with Crippen molar-refractivity contribution in [3.63, 3.8) is 0 Å². The van der Waals surface area contributed by atoms with Gasteiger partial charge in [-0.05, 0) is 17.9 Å². The van der Waals surface area contributed by atoms with E-state index in [4.69, 9.17) is 11.5 Å². The highest BCUT2D eigenvalue weighted by molar-refractivity contribution is 8.00. The van der Waals surface area contributed by atoms with Crippen LogP contribution in [0, 0.1) is 0 Å². The third-order valence-corrected chi connectivity index (χ3v) is 7.08. The standard InChI is InChI=1S/C23H58N10S2/c24-2-4-26-6-8-28-10-12-30-14-16-32-18-22-34-20-1-21-35-23-19-33-17-15-31-13-11-29-9-7-27-5-3-25/h26-33H,1-25H2. The minimum atomic E-state index is 0.706. The van der Waals surface area contributed by atoms with Gasteiger partial charge >= 0.3 is 0 Å². The van der Waals surface area contributed by atoms with Crippen LogP contribution in [0.3, 0.4) is 0 Å². The first-order chi connectivity index (χ1) is 17.4. The van der Waals surface area contributed by atoms with Crippen molar-refractivity contribution >= 4 is 23.5 Å². The van der Waals surface area contributed by atoms with Crippen molar-refractivity contribution in [2.24, 2.45) is 11.5 Å². The molecule has 0 unspecified atom stereocenters. The van der Waals surface area contributed by atoms with Crippen LogP contribution in [0.1, 0.15) is 6.42 Å². The predicted molar refractivity (Wildman–Crippen MR) is 160 cm³/mol. The number of rotatable bonds is 32. The monoisotopic (exact) mass is 538 g/mol. The SMILES string of the molecule is NCCNCCNCCNCCNCCSCCCSCCNCCNCCNCCNCCN. The molecule has 35 heavy (non-hydrogen) atoms. The molecule has 0 radical (unpaired) electrons. The maximum atomic E-state index is 5.43. The van der Waals surface area contributed by atoms with Gasteiger partial charge in [0.05, 0.1) is 0 Å². The molecule has 12 heteroatoms. The molecular formula is C23H58N10S2. The van der Waals surface area contributed by atoms with Crippen LogP contribution < -0.4 is 54.0 Å². The zero-order chi connectivity index (χ0) is 25.3.